The number of hydrogen-bond donors (Lipinski definition) is 1. The second-order valence-electron chi connectivity index (χ2n) is 5.96. The lowest BCUT2D eigenvalue weighted by atomic mass is 9.87. The van der Waals surface area contributed by atoms with E-state index >= 15 is 0 Å². The first kappa shape index (κ1) is 16.2. The molecule has 1 heterocycles. The molecule has 21 heavy (non-hydrogen) atoms. The van der Waals surface area contributed by atoms with E-state index in [4.69, 9.17) is 4.74 Å². The topological polar surface area (TPSA) is 24.5 Å². The highest BCUT2D eigenvalue weighted by molar-refractivity contribution is 5.60. The summed E-state index contributed by atoms with van der Waals surface area (Å²) in [5.74, 6) is 1.02. The summed E-state index contributed by atoms with van der Waals surface area (Å²) in [5, 5.41) is 3.80. The van der Waals surface area contributed by atoms with Crippen LogP contribution in [0.15, 0.2) is 24.3 Å². The highest BCUT2D eigenvalue weighted by Gasteiger charge is 2.36. The quantitative estimate of drug-likeness (QED) is 0.861. The van der Waals surface area contributed by atoms with Crippen LogP contribution in [0.4, 0.5) is 5.69 Å². The molecule has 0 radical (unpaired) electrons. The Bertz CT molecular complexity index is 443. The van der Waals surface area contributed by atoms with Gasteiger partial charge in [-0.3, -0.25) is 0 Å². The third-order valence-electron chi connectivity index (χ3n) is 4.93. The second-order valence-corrected chi connectivity index (χ2v) is 5.96. The van der Waals surface area contributed by atoms with Crippen molar-refractivity contribution in [3.63, 3.8) is 0 Å². The lowest BCUT2D eigenvalue weighted by Crippen LogP contribution is -2.64. The average Bonchev–Trinajstić information content (AvgIpc) is 2.55. The summed E-state index contributed by atoms with van der Waals surface area (Å²) >= 11 is 0. The molecule has 0 amide bonds. The molecule has 1 aromatic carbocycles. The summed E-state index contributed by atoms with van der Waals surface area (Å²) in [6.45, 7) is 11.7. The SMILES string of the molecule is CCOc1ccccc1N1CC(CC)(CC)NCC1CC. The monoisotopic (exact) mass is 290 g/mol. The summed E-state index contributed by atoms with van der Waals surface area (Å²) in [6.07, 6.45) is 3.47. The Balaban J connectivity index is 2.33. The van der Waals surface area contributed by atoms with Crippen LogP contribution < -0.4 is 15.0 Å². The fourth-order valence-corrected chi connectivity index (χ4v) is 3.30. The van der Waals surface area contributed by atoms with Crippen LogP contribution in [-0.2, 0) is 0 Å². The van der Waals surface area contributed by atoms with Gasteiger partial charge >= 0.3 is 0 Å². The third kappa shape index (κ3) is 3.34. The van der Waals surface area contributed by atoms with Crippen LogP contribution in [0.3, 0.4) is 0 Å². The summed E-state index contributed by atoms with van der Waals surface area (Å²) in [4.78, 5) is 2.56. The first-order valence-corrected chi connectivity index (χ1v) is 8.43. The van der Waals surface area contributed by atoms with Crippen molar-refractivity contribution in [2.24, 2.45) is 0 Å². The Labute approximate surface area is 129 Å². The Hall–Kier alpha value is -1.22. The van der Waals surface area contributed by atoms with Gasteiger partial charge in [0, 0.05) is 24.7 Å². The molecule has 1 unspecified atom stereocenters. The minimum absolute atomic E-state index is 0.227. The summed E-state index contributed by atoms with van der Waals surface area (Å²) < 4.78 is 5.86. The maximum Gasteiger partial charge on any atom is 0.142 e. The van der Waals surface area contributed by atoms with Crippen LogP contribution in [0.1, 0.15) is 47.0 Å². The molecule has 1 saturated heterocycles. The van der Waals surface area contributed by atoms with Crippen LogP contribution in [0.5, 0.6) is 5.75 Å². The van der Waals surface area contributed by atoms with E-state index in [2.05, 4.69) is 55.3 Å². The van der Waals surface area contributed by atoms with Gasteiger partial charge in [-0.05, 0) is 38.3 Å². The van der Waals surface area contributed by atoms with E-state index in [-0.39, 0.29) is 5.54 Å². The van der Waals surface area contributed by atoms with Crippen molar-refractivity contribution < 1.29 is 4.74 Å². The molecule has 0 spiro atoms. The van der Waals surface area contributed by atoms with Crippen molar-refractivity contribution in [1.82, 2.24) is 5.32 Å². The fraction of sp³-hybridized carbons (Fsp3) is 0.667. The van der Waals surface area contributed by atoms with Crippen LogP contribution in [0, 0.1) is 0 Å². The van der Waals surface area contributed by atoms with Gasteiger partial charge in [0.15, 0.2) is 0 Å². The maximum absolute atomic E-state index is 5.86. The molecule has 0 aromatic heterocycles. The molecule has 1 aliphatic rings. The molecule has 1 fully saturated rings. The molecular formula is C18H30N2O. The molecule has 1 aliphatic heterocycles. The van der Waals surface area contributed by atoms with Gasteiger partial charge in [-0.15, -0.1) is 0 Å². The average molecular weight is 290 g/mol. The smallest absolute Gasteiger partial charge is 0.142 e. The number of rotatable bonds is 6. The highest BCUT2D eigenvalue weighted by atomic mass is 16.5. The van der Waals surface area contributed by atoms with Crippen molar-refractivity contribution in [2.75, 3.05) is 24.6 Å². The second kappa shape index (κ2) is 7.17. The van der Waals surface area contributed by atoms with E-state index in [0.29, 0.717) is 12.6 Å². The number of anilines is 1. The Morgan fingerprint density at radius 1 is 1.19 bits per heavy atom. The minimum atomic E-state index is 0.227. The zero-order valence-electron chi connectivity index (χ0n) is 14.0. The van der Waals surface area contributed by atoms with E-state index < -0.39 is 0 Å². The number of benzene rings is 1. The minimum Gasteiger partial charge on any atom is -0.492 e. The highest BCUT2D eigenvalue weighted by Crippen LogP contribution is 2.34. The lowest BCUT2D eigenvalue weighted by Gasteiger charge is -2.48. The predicted octanol–water partition coefficient (Wildman–Crippen LogP) is 3.83. The molecule has 0 bridgehead atoms. The Morgan fingerprint density at radius 3 is 2.52 bits per heavy atom. The van der Waals surface area contributed by atoms with Crippen LogP contribution >= 0.6 is 0 Å². The van der Waals surface area contributed by atoms with Gasteiger partial charge in [0.25, 0.3) is 0 Å². The van der Waals surface area contributed by atoms with Gasteiger partial charge in [0.1, 0.15) is 5.75 Å². The summed E-state index contributed by atoms with van der Waals surface area (Å²) in [5.41, 5.74) is 1.48. The van der Waals surface area contributed by atoms with Gasteiger partial charge in [-0.1, -0.05) is 32.9 Å². The standard InChI is InChI=1S/C18H30N2O/c1-5-15-13-19-18(6-2,7-3)14-20(15)16-11-9-10-12-17(16)21-8-4/h9-12,15,19H,5-8,13-14H2,1-4H3. The molecule has 2 rings (SSSR count). The van der Waals surface area contributed by atoms with Crippen molar-refractivity contribution in [1.29, 1.82) is 0 Å². The van der Waals surface area contributed by atoms with E-state index in [9.17, 15) is 0 Å². The fourth-order valence-electron chi connectivity index (χ4n) is 3.30. The van der Waals surface area contributed by atoms with Crippen molar-refractivity contribution in [2.45, 2.75) is 58.5 Å². The molecule has 1 N–H and O–H groups in total. The van der Waals surface area contributed by atoms with E-state index in [1.165, 1.54) is 5.69 Å². The van der Waals surface area contributed by atoms with Gasteiger partial charge in [0.2, 0.25) is 0 Å². The molecule has 0 aliphatic carbocycles. The molecule has 1 atom stereocenters. The van der Waals surface area contributed by atoms with Crippen LogP contribution in [0.2, 0.25) is 0 Å². The number of piperazine rings is 1. The summed E-state index contributed by atoms with van der Waals surface area (Å²) in [6, 6.07) is 9.01. The predicted molar refractivity (Wildman–Crippen MR) is 90.4 cm³/mol. The Kier molecular flexibility index (Phi) is 5.51. The van der Waals surface area contributed by atoms with Crippen LogP contribution in [0.25, 0.3) is 0 Å². The van der Waals surface area contributed by atoms with E-state index in [0.717, 1.165) is 38.1 Å². The van der Waals surface area contributed by atoms with Gasteiger partial charge in [0.05, 0.1) is 12.3 Å². The molecule has 3 heteroatoms. The first-order valence-electron chi connectivity index (χ1n) is 8.43. The van der Waals surface area contributed by atoms with E-state index in [1.807, 2.05) is 6.92 Å². The zero-order valence-corrected chi connectivity index (χ0v) is 14.0. The van der Waals surface area contributed by atoms with Gasteiger partial charge in [-0.25, -0.2) is 0 Å². The van der Waals surface area contributed by atoms with E-state index in [1.54, 1.807) is 0 Å². The number of ether oxygens (including phenoxy) is 1. The van der Waals surface area contributed by atoms with Crippen molar-refractivity contribution >= 4 is 5.69 Å². The van der Waals surface area contributed by atoms with Gasteiger partial charge < -0.3 is 15.0 Å². The molecule has 1 aromatic rings. The molecule has 118 valence electrons. The lowest BCUT2D eigenvalue weighted by molar-refractivity contribution is 0.244. The normalized spacial score (nSPS) is 21.3. The first-order chi connectivity index (χ1) is 10.2. The number of para-hydroxylation sites is 2. The zero-order chi connectivity index (χ0) is 15.3. The number of nitrogens with one attached hydrogen (secondary N) is 1. The largest absolute Gasteiger partial charge is 0.492 e. The summed E-state index contributed by atoms with van der Waals surface area (Å²) in [7, 11) is 0. The maximum atomic E-state index is 5.86. The van der Waals surface area contributed by atoms with Crippen molar-refractivity contribution in [3.05, 3.63) is 24.3 Å². The van der Waals surface area contributed by atoms with Gasteiger partial charge in [-0.2, -0.15) is 0 Å². The molecule has 0 saturated carbocycles. The molecule has 3 nitrogen and oxygen atoms in total. The van der Waals surface area contributed by atoms with Crippen molar-refractivity contribution in [3.8, 4) is 5.75 Å². The van der Waals surface area contributed by atoms with Crippen LogP contribution in [-0.4, -0.2) is 31.3 Å². The number of nitrogens with zero attached hydrogens (tertiary/aromatic N) is 1. The third-order valence-corrected chi connectivity index (χ3v) is 4.93. The molecular weight excluding hydrogens is 260 g/mol. The Morgan fingerprint density at radius 2 is 1.90 bits per heavy atom. The number of hydrogen-bond acceptors (Lipinski definition) is 3.